The molecule has 1 saturated heterocycles. The summed E-state index contributed by atoms with van der Waals surface area (Å²) in [6.07, 6.45) is 4.70. The van der Waals surface area contributed by atoms with Crippen LogP contribution >= 0.6 is 0 Å². The fourth-order valence-electron chi connectivity index (χ4n) is 3.50. The van der Waals surface area contributed by atoms with E-state index in [0.717, 1.165) is 18.3 Å². The van der Waals surface area contributed by atoms with Crippen molar-refractivity contribution in [2.45, 2.75) is 64.6 Å². The van der Waals surface area contributed by atoms with Gasteiger partial charge in [-0.05, 0) is 44.4 Å². The zero-order valence-corrected chi connectivity index (χ0v) is 10.3. The van der Waals surface area contributed by atoms with E-state index in [0.29, 0.717) is 12.1 Å². The van der Waals surface area contributed by atoms with Gasteiger partial charge in [-0.25, -0.2) is 0 Å². The standard InChI is InChI=1S/C13H25NO/c1-9-7-10(2)11(3)14(8-9)12-5-4-6-13(12)15/h9-13,15H,4-8H2,1-3H3. The van der Waals surface area contributed by atoms with E-state index >= 15 is 0 Å². The molecule has 1 saturated carbocycles. The van der Waals surface area contributed by atoms with Crippen LogP contribution in [-0.2, 0) is 0 Å². The van der Waals surface area contributed by atoms with E-state index in [1.54, 1.807) is 0 Å². The summed E-state index contributed by atoms with van der Waals surface area (Å²) in [7, 11) is 0. The van der Waals surface area contributed by atoms with Crippen molar-refractivity contribution in [3.05, 3.63) is 0 Å². The van der Waals surface area contributed by atoms with Gasteiger partial charge in [-0.1, -0.05) is 13.8 Å². The SMILES string of the molecule is CC1CC(C)C(C)N(C2CCCC2O)C1. The Kier molecular flexibility index (Phi) is 3.36. The minimum absolute atomic E-state index is 0.0649. The first-order valence-electron chi connectivity index (χ1n) is 6.53. The second-order valence-electron chi connectivity index (χ2n) is 5.82. The highest BCUT2D eigenvalue weighted by Crippen LogP contribution is 2.33. The molecule has 0 bridgehead atoms. The smallest absolute Gasteiger partial charge is 0.0695 e. The van der Waals surface area contributed by atoms with Crippen molar-refractivity contribution < 1.29 is 5.11 Å². The van der Waals surface area contributed by atoms with Crippen molar-refractivity contribution in [1.29, 1.82) is 0 Å². The Labute approximate surface area is 93.7 Å². The molecule has 0 spiro atoms. The highest BCUT2D eigenvalue weighted by molar-refractivity contribution is 4.92. The molecule has 5 unspecified atom stereocenters. The third kappa shape index (κ3) is 2.21. The molecule has 2 rings (SSSR count). The second kappa shape index (κ2) is 4.42. The van der Waals surface area contributed by atoms with Crippen LogP contribution < -0.4 is 0 Å². The molecule has 88 valence electrons. The van der Waals surface area contributed by atoms with E-state index in [-0.39, 0.29) is 6.10 Å². The van der Waals surface area contributed by atoms with Gasteiger partial charge in [0.1, 0.15) is 0 Å². The van der Waals surface area contributed by atoms with Crippen molar-refractivity contribution in [3.8, 4) is 0 Å². The molecule has 15 heavy (non-hydrogen) atoms. The van der Waals surface area contributed by atoms with Gasteiger partial charge in [0.2, 0.25) is 0 Å². The van der Waals surface area contributed by atoms with Crippen LogP contribution in [0.15, 0.2) is 0 Å². The number of hydrogen-bond acceptors (Lipinski definition) is 2. The third-order valence-corrected chi connectivity index (χ3v) is 4.51. The van der Waals surface area contributed by atoms with Gasteiger partial charge in [0.15, 0.2) is 0 Å². The van der Waals surface area contributed by atoms with Gasteiger partial charge in [-0.2, -0.15) is 0 Å². The Hall–Kier alpha value is -0.0800. The summed E-state index contributed by atoms with van der Waals surface area (Å²) < 4.78 is 0. The molecule has 0 radical (unpaired) electrons. The van der Waals surface area contributed by atoms with Gasteiger partial charge >= 0.3 is 0 Å². The summed E-state index contributed by atoms with van der Waals surface area (Å²) in [6.45, 7) is 8.22. The third-order valence-electron chi connectivity index (χ3n) is 4.51. The Morgan fingerprint density at radius 2 is 1.87 bits per heavy atom. The van der Waals surface area contributed by atoms with Gasteiger partial charge in [0, 0.05) is 18.6 Å². The molecule has 1 aliphatic carbocycles. The Balaban J connectivity index is 2.05. The molecule has 2 fully saturated rings. The summed E-state index contributed by atoms with van der Waals surface area (Å²) in [5.74, 6) is 1.57. The van der Waals surface area contributed by atoms with Crippen LogP contribution in [0.25, 0.3) is 0 Å². The molecule has 1 N–H and O–H groups in total. The van der Waals surface area contributed by atoms with Crippen LogP contribution in [0.5, 0.6) is 0 Å². The molecule has 0 aromatic heterocycles. The van der Waals surface area contributed by atoms with Gasteiger partial charge in [0.25, 0.3) is 0 Å². The van der Waals surface area contributed by atoms with Crippen molar-refractivity contribution in [1.82, 2.24) is 4.90 Å². The van der Waals surface area contributed by atoms with Crippen LogP contribution in [0.2, 0.25) is 0 Å². The Bertz CT molecular complexity index is 219. The zero-order chi connectivity index (χ0) is 11.0. The number of hydrogen-bond donors (Lipinski definition) is 1. The first-order valence-corrected chi connectivity index (χ1v) is 6.53. The van der Waals surface area contributed by atoms with E-state index in [2.05, 4.69) is 25.7 Å². The highest BCUT2D eigenvalue weighted by atomic mass is 16.3. The fraction of sp³-hybridized carbons (Fsp3) is 1.00. The summed E-state index contributed by atoms with van der Waals surface area (Å²) >= 11 is 0. The predicted molar refractivity (Wildman–Crippen MR) is 62.8 cm³/mol. The first kappa shape index (κ1) is 11.4. The van der Waals surface area contributed by atoms with Gasteiger partial charge in [0.05, 0.1) is 6.10 Å². The quantitative estimate of drug-likeness (QED) is 0.719. The molecule has 2 aliphatic rings. The monoisotopic (exact) mass is 211 g/mol. The van der Waals surface area contributed by atoms with E-state index < -0.39 is 0 Å². The van der Waals surface area contributed by atoms with E-state index in [9.17, 15) is 5.11 Å². The van der Waals surface area contributed by atoms with E-state index in [4.69, 9.17) is 0 Å². The largest absolute Gasteiger partial charge is 0.391 e. The van der Waals surface area contributed by atoms with Crippen molar-refractivity contribution >= 4 is 0 Å². The lowest BCUT2D eigenvalue weighted by Gasteiger charge is -2.45. The number of rotatable bonds is 1. The molecule has 1 heterocycles. The molecular weight excluding hydrogens is 186 g/mol. The van der Waals surface area contributed by atoms with Crippen LogP contribution in [0.4, 0.5) is 0 Å². The predicted octanol–water partition coefficient (Wildman–Crippen LogP) is 2.27. The van der Waals surface area contributed by atoms with Crippen LogP contribution in [0.1, 0.15) is 46.5 Å². The topological polar surface area (TPSA) is 23.5 Å². The van der Waals surface area contributed by atoms with Crippen LogP contribution in [0, 0.1) is 11.8 Å². The van der Waals surface area contributed by atoms with Crippen molar-refractivity contribution in [3.63, 3.8) is 0 Å². The van der Waals surface area contributed by atoms with Gasteiger partial charge in [-0.3, -0.25) is 4.90 Å². The lowest BCUT2D eigenvalue weighted by atomic mass is 9.84. The van der Waals surface area contributed by atoms with Crippen molar-refractivity contribution in [2.24, 2.45) is 11.8 Å². The second-order valence-corrected chi connectivity index (χ2v) is 5.82. The number of likely N-dealkylation sites (tertiary alicyclic amines) is 1. The minimum atomic E-state index is -0.0649. The Morgan fingerprint density at radius 3 is 2.47 bits per heavy atom. The molecule has 2 heteroatoms. The van der Waals surface area contributed by atoms with E-state index in [1.807, 2.05) is 0 Å². The lowest BCUT2D eigenvalue weighted by Crippen LogP contribution is -2.53. The molecule has 0 aromatic rings. The number of piperidine rings is 1. The van der Waals surface area contributed by atoms with Gasteiger partial charge in [-0.15, -0.1) is 0 Å². The van der Waals surface area contributed by atoms with E-state index in [1.165, 1.54) is 25.8 Å². The number of aliphatic hydroxyl groups is 1. The van der Waals surface area contributed by atoms with Crippen LogP contribution in [0.3, 0.4) is 0 Å². The molecule has 1 aliphatic heterocycles. The molecule has 5 atom stereocenters. The number of aliphatic hydroxyl groups excluding tert-OH is 1. The summed E-state index contributed by atoms with van der Waals surface area (Å²) in [5, 5.41) is 9.99. The Morgan fingerprint density at radius 1 is 1.13 bits per heavy atom. The average Bonchev–Trinajstić information content (AvgIpc) is 2.58. The highest BCUT2D eigenvalue weighted by Gasteiger charge is 2.38. The maximum Gasteiger partial charge on any atom is 0.0695 e. The summed E-state index contributed by atoms with van der Waals surface area (Å²) in [4.78, 5) is 2.58. The van der Waals surface area contributed by atoms with Crippen LogP contribution in [-0.4, -0.2) is 34.7 Å². The normalized spacial score (nSPS) is 48.4. The number of nitrogens with zero attached hydrogens (tertiary/aromatic N) is 1. The molecular formula is C13H25NO. The summed E-state index contributed by atoms with van der Waals surface area (Å²) in [6, 6.07) is 1.10. The zero-order valence-electron chi connectivity index (χ0n) is 10.3. The fourth-order valence-corrected chi connectivity index (χ4v) is 3.50. The van der Waals surface area contributed by atoms with Gasteiger partial charge < -0.3 is 5.11 Å². The average molecular weight is 211 g/mol. The first-order chi connectivity index (χ1) is 7.09. The molecule has 2 nitrogen and oxygen atoms in total. The molecule has 0 aromatic carbocycles. The minimum Gasteiger partial charge on any atom is -0.391 e. The lowest BCUT2D eigenvalue weighted by molar-refractivity contribution is -0.00558. The maximum atomic E-state index is 9.99. The van der Waals surface area contributed by atoms with Crippen molar-refractivity contribution in [2.75, 3.05) is 6.54 Å². The molecule has 0 amide bonds. The summed E-state index contributed by atoms with van der Waals surface area (Å²) in [5.41, 5.74) is 0. The maximum absolute atomic E-state index is 9.99.